The number of halogens is 1. The largest absolute Gasteiger partial charge is 0.441 e. The third kappa shape index (κ3) is 2.46. The molecule has 0 aliphatic carbocycles. The molecule has 0 fully saturated rings. The van der Waals surface area contributed by atoms with Gasteiger partial charge in [0.05, 0.1) is 11.8 Å². The molecule has 90 valence electrons. The molecular weight excluding hydrogens is 256 g/mol. The van der Waals surface area contributed by atoms with Crippen LogP contribution in [0.15, 0.2) is 9.32 Å². The van der Waals surface area contributed by atoms with Crippen molar-refractivity contribution in [1.82, 2.24) is 9.72 Å². The summed E-state index contributed by atoms with van der Waals surface area (Å²) >= 11 is 0. The van der Waals surface area contributed by atoms with Crippen LogP contribution in [0.4, 0.5) is 0 Å². The molecule has 16 heavy (non-hydrogen) atoms. The van der Waals surface area contributed by atoms with Crippen LogP contribution in [0.2, 0.25) is 0 Å². The minimum atomic E-state index is -3.63. The molecule has 1 aromatic rings. The highest BCUT2D eigenvalue weighted by Gasteiger charge is 2.26. The third-order valence-corrected chi connectivity index (χ3v) is 3.81. The van der Waals surface area contributed by atoms with E-state index >= 15 is 0 Å². The maximum absolute atomic E-state index is 11.4. The molecule has 0 radical (unpaired) electrons. The summed E-state index contributed by atoms with van der Waals surface area (Å²) in [6.45, 7) is 0. The fraction of sp³-hybridized carbons (Fsp3) is 0.750. The van der Waals surface area contributed by atoms with Crippen LogP contribution >= 0.6 is 10.7 Å². The summed E-state index contributed by atoms with van der Waals surface area (Å²) in [5, 5.41) is 3.63. The van der Waals surface area contributed by atoms with Gasteiger partial charge in [0.1, 0.15) is 0 Å². The molecule has 0 amide bonds. The SMILES string of the molecule is O=c1onc2n1C(CS(=O)(=O)Cl)CCCC2. The molecule has 0 spiro atoms. The first-order valence-electron chi connectivity index (χ1n) is 4.97. The molecule has 0 N–H and O–H groups in total. The Balaban J connectivity index is 2.39. The lowest BCUT2D eigenvalue weighted by Crippen LogP contribution is -2.26. The van der Waals surface area contributed by atoms with Gasteiger partial charge in [0.25, 0.3) is 0 Å². The van der Waals surface area contributed by atoms with E-state index in [0.29, 0.717) is 18.7 Å². The van der Waals surface area contributed by atoms with Crippen molar-refractivity contribution in [1.29, 1.82) is 0 Å². The zero-order valence-electron chi connectivity index (χ0n) is 8.43. The predicted molar refractivity (Wildman–Crippen MR) is 57.0 cm³/mol. The van der Waals surface area contributed by atoms with Crippen molar-refractivity contribution in [2.45, 2.75) is 31.7 Å². The van der Waals surface area contributed by atoms with Crippen molar-refractivity contribution in [3.8, 4) is 0 Å². The first kappa shape index (κ1) is 11.7. The Labute approximate surface area is 96.6 Å². The monoisotopic (exact) mass is 266 g/mol. The van der Waals surface area contributed by atoms with Crippen molar-refractivity contribution < 1.29 is 12.9 Å². The number of fused-ring (bicyclic) bond motifs is 1. The fourth-order valence-electron chi connectivity index (χ4n) is 1.99. The topological polar surface area (TPSA) is 82.2 Å². The summed E-state index contributed by atoms with van der Waals surface area (Å²) in [5.41, 5.74) is 0. The van der Waals surface area contributed by atoms with E-state index in [1.54, 1.807) is 0 Å². The van der Waals surface area contributed by atoms with Gasteiger partial charge < -0.3 is 0 Å². The van der Waals surface area contributed by atoms with E-state index in [0.717, 1.165) is 12.8 Å². The van der Waals surface area contributed by atoms with Crippen LogP contribution in [0.5, 0.6) is 0 Å². The van der Waals surface area contributed by atoms with E-state index in [1.165, 1.54) is 4.57 Å². The molecule has 0 aromatic carbocycles. The van der Waals surface area contributed by atoms with Crippen molar-refractivity contribution in [2.24, 2.45) is 0 Å². The van der Waals surface area contributed by atoms with E-state index in [2.05, 4.69) is 9.68 Å². The molecule has 1 atom stereocenters. The molecule has 1 aromatic heterocycles. The van der Waals surface area contributed by atoms with Gasteiger partial charge in [0.15, 0.2) is 5.82 Å². The minimum Gasteiger partial charge on any atom is -0.296 e. The molecule has 0 bridgehead atoms. The Kier molecular flexibility index (Phi) is 3.07. The average molecular weight is 267 g/mol. The standard InChI is InChI=1S/C8H11ClN2O4S/c9-16(13,14)5-6-3-1-2-4-7-10-15-8(12)11(6)7/h6H,1-5H2. The van der Waals surface area contributed by atoms with Gasteiger partial charge in [0, 0.05) is 17.1 Å². The number of hydrogen-bond donors (Lipinski definition) is 0. The van der Waals surface area contributed by atoms with Crippen molar-refractivity contribution in [3.63, 3.8) is 0 Å². The second kappa shape index (κ2) is 4.21. The molecular formula is C8H11ClN2O4S. The van der Waals surface area contributed by atoms with Crippen LogP contribution in [0.3, 0.4) is 0 Å². The first-order chi connectivity index (χ1) is 7.47. The summed E-state index contributed by atoms with van der Waals surface area (Å²) in [4.78, 5) is 11.4. The molecule has 6 nitrogen and oxygen atoms in total. The number of nitrogens with zero attached hydrogens (tertiary/aromatic N) is 2. The Morgan fingerprint density at radius 2 is 2.25 bits per heavy atom. The van der Waals surface area contributed by atoms with Gasteiger partial charge in [-0.05, 0) is 12.8 Å². The number of aryl methyl sites for hydroxylation is 1. The van der Waals surface area contributed by atoms with Crippen LogP contribution in [-0.2, 0) is 15.5 Å². The quantitative estimate of drug-likeness (QED) is 0.735. The maximum Gasteiger partial charge on any atom is 0.441 e. The first-order valence-corrected chi connectivity index (χ1v) is 7.44. The number of aromatic nitrogens is 2. The van der Waals surface area contributed by atoms with Gasteiger partial charge in [-0.1, -0.05) is 11.6 Å². The summed E-state index contributed by atoms with van der Waals surface area (Å²) in [5.74, 6) is -0.363. The zero-order valence-corrected chi connectivity index (χ0v) is 10.00. The van der Waals surface area contributed by atoms with Crippen LogP contribution in [0, 0.1) is 0 Å². The average Bonchev–Trinajstić information content (AvgIpc) is 2.40. The highest BCUT2D eigenvalue weighted by atomic mass is 35.7. The maximum atomic E-state index is 11.4. The molecule has 0 saturated carbocycles. The molecule has 2 rings (SSSR count). The fourth-order valence-corrected chi connectivity index (χ4v) is 3.20. The molecule has 8 heteroatoms. The normalized spacial score (nSPS) is 21.4. The van der Waals surface area contributed by atoms with Crippen LogP contribution in [0.25, 0.3) is 0 Å². The Morgan fingerprint density at radius 1 is 1.50 bits per heavy atom. The molecule has 2 heterocycles. The van der Waals surface area contributed by atoms with E-state index in [9.17, 15) is 13.2 Å². The summed E-state index contributed by atoms with van der Waals surface area (Å²) in [6, 6.07) is -0.459. The molecule has 1 unspecified atom stereocenters. The van der Waals surface area contributed by atoms with Gasteiger partial charge in [-0.2, -0.15) is 0 Å². The van der Waals surface area contributed by atoms with E-state index in [-0.39, 0.29) is 5.75 Å². The lowest BCUT2D eigenvalue weighted by Gasteiger charge is -2.13. The van der Waals surface area contributed by atoms with E-state index in [4.69, 9.17) is 10.7 Å². The third-order valence-electron chi connectivity index (χ3n) is 2.65. The zero-order chi connectivity index (χ0) is 11.8. The van der Waals surface area contributed by atoms with Gasteiger partial charge in [0.2, 0.25) is 9.05 Å². The van der Waals surface area contributed by atoms with Crippen molar-refractivity contribution in [3.05, 3.63) is 16.4 Å². The Bertz CT molecular complexity index is 532. The number of rotatable bonds is 2. The molecule has 0 saturated heterocycles. The number of hydrogen-bond acceptors (Lipinski definition) is 5. The molecule has 1 aliphatic heterocycles. The lowest BCUT2D eigenvalue weighted by molar-refractivity contribution is 0.359. The smallest absolute Gasteiger partial charge is 0.296 e. The highest BCUT2D eigenvalue weighted by Crippen LogP contribution is 2.23. The van der Waals surface area contributed by atoms with E-state index in [1.807, 2.05) is 0 Å². The van der Waals surface area contributed by atoms with Gasteiger partial charge >= 0.3 is 5.76 Å². The second-order valence-corrected chi connectivity index (χ2v) is 6.66. The Morgan fingerprint density at radius 3 is 2.94 bits per heavy atom. The predicted octanol–water partition coefficient (Wildman–Crippen LogP) is 0.672. The summed E-state index contributed by atoms with van der Waals surface area (Å²) in [6.07, 6.45) is 2.94. The Hall–Kier alpha value is -0.820. The summed E-state index contributed by atoms with van der Waals surface area (Å²) < 4.78 is 28.0. The van der Waals surface area contributed by atoms with Crippen LogP contribution < -0.4 is 5.76 Å². The molecule has 1 aliphatic rings. The summed E-state index contributed by atoms with van der Waals surface area (Å²) in [7, 11) is 1.58. The van der Waals surface area contributed by atoms with E-state index < -0.39 is 20.8 Å². The van der Waals surface area contributed by atoms with Crippen LogP contribution in [-0.4, -0.2) is 23.9 Å². The van der Waals surface area contributed by atoms with Gasteiger partial charge in [-0.25, -0.2) is 13.2 Å². The van der Waals surface area contributed by atoms with Gasteiger partial charge in [-0.15, -0.1) is 0 Å². The van der Waals surface area contributed by atoms with Crippen LogP contribution in [0.1, 0.15) is 31.1 Å². The van der Waals surface area contributed by atoms with Crippen molar-refractivity contribution in [2.75, 3.05) is 5.75 Å². The van der Waals surface area contributed by atoms with Crippen molar-refractivity contribution >= 4 is 19.7 Å². The lowest BCUT2D eigenvalue weighted by atomic mass is 10.1. The second-order valence-electron chi connectivity index (χ2n) is 3.84. The van der Waals surface area contributed by atoms with Gasteiger partial charge in [-0.3, -0.25) is 9.09 Å². The minimum absolute atomic E-state index is 0.261. The highest BCUT2D eigenvalue weighted by molar-refractivity contribution is 8.13.